The summed E-state index contributed by atoms with van der Waals surface area (Å²) in [6, 6.07) is 0. The molecule has 4 nitrogen and oxygen atoms in total. The van der Waals surface area contributed by atoms with E-state index in [2.05, 4.69) is 6.92 Å². The van der Waals surface area contributed by atoms with Crippen LogP contribution in [0.3, 0.4) is 0 Å². The van der Waals surface area contributed by atoms with Crippen molar-refractivity contribution in [3.8, 4) is 0 Å². The van der Waals surface area contributed by atoms with E-state index in [1.165, 1.54) is 0 Å². The van der Waals surface area contributed by atoms with Crippen molar-refractivity contribution in [2.75, 3.05) is 0 Å². The number of rotatable bonds is 9. The molecule has 0 aliphatic rings. The van der Waals surface area contributed by atoms with Crippen LogP contribution in [0.5, 0.6) is 0 Å². The van der Waals surface area contributed by atoms with Gasteiger partial charge < -0.3 is 0 Å². The van der Waals surface area contributed by atoms with Gasteiger partial charge in [0.1, 0.15) is 0 Å². The third-order valence-corrected chi connectivity index (χ3v) is 39.6. The second kappa shape index (κ2) is 8.99. The molecule has 0 aliphatic carbocycles. The first-order valence-electron chi connectivity index (χ1n) is 5.52. The molecular weight excluding hydrogens is 464 g/mol. The molecular formula is C8H20ClO4PSn2. The van der Waals surface area contributed by atoms with Crippen molar-refractivity contribution >= 4 is 52.8 Å². The van der Waals surface area contributed by atoms with Crippen molar-refractivity contribution in [3.05, 3.63) is 0 Å². The minimum absolute atomic E-state index is 0.435. The van der Waals surface area contributed by atoms with Gasteiger partial charge in [-0.1, -0.05) is 0 Å². The zero-order chi connectivity index (χ0) is 12.7. The number of halogens is 1. The van der Waals surface area contributed by atoms with Crippen LogP contribution in [0.15, 0.2) is 0 Å². The normalized spacial score (nSPS) is 16.1. The molecule has 0 spiro atoms. The fourth-order valence-electron chi connectivity index (χ4n) is 1.06. The zero-order valence-corrected chi connectivity index (χ0v) is 17.1. The molecule has 0 rings (SSSR count). The fourth-order valence-corrected chi connectivity index (χ4v) is 32.2. The van der Waals surface area contributed by atoms with Crippen LogP contribution < -0.4 is 0 Å². The molecule has 0 fully saturated rings. The summed E-state index contributed by atoms with van der Waals surface area (Å²) in [5.74, 6) is 0. The standard InChI is InChI=1S/2C4H9.ClH.HO3P.O.2Sn/c2*1-3-4-2;;1-4(2)3;;;/h2*1,3-4H2,2H3;1H;(H-,1,2,3);;;. The molecule has 16 heavy (non-hydrogen) atoms. The van der Waals surface area contributed by atoms with Crippen LogP contribution in [0, 0.1) is 0 Å². The number of hydrogen-bond acceptors (Lipinski definition) is 2. The summed E-state index contributed by atoms with van der Waals surface area (Å²) < 4.78 is 18.4. The van der Waals surface area contributed by atoms with Crippen LogP contribution in [-0.2, 0) is 5.98 Å². The SMILES string of the molecule is CCC[CH2][Sn][O][Sn]([Cl])([CH2]CCC)[P](=O)(O)O. The summed E-state index contributed by atoms with van der Waals surface area (Å²) >= 11 is -5.23. The van der Waals surface area contributed by atoms with Crippen molar-refractivity contribution in [2.24, 2.45) is 0 Å². The molecule has 0 saturated carbocycles. The predicted octanol–water partition coefficient (Wildman–Crippen LogP) is 3.00. The van der Waals surface area contributed by atoms with Crippen LogP contribution in [0.25, 0.3) is 0 Å². The van der Waals surface area contributed by atoms with Crippen molar-refractivity contribution < 1.29 is 15.8 Å². The van der Waals surface area contributed by atoms with Gasteiger partial charge in [-0.15, -0.1) is 0 Å². The van der Waals surface area contributed by atoms with Crippen LogP contribution in [0.1, 0.15) is 39.5 Å². The van der Waals surface area contributed by atoms with Crippen LogP contribution in [-0.4, -0.2) is 48.5 Å². The van der Waals surface area contributed by atoms with E-state index >= 15 is 0 Å². The summed E-state index contributed by atoms with van der Waals surface area (Å²) in [7, 11) is 6.14. The molecule has 0 saturated heterocycles. The second-order valence-electron chi connectivity index (χ2n) is 3.69. The van der Waals surface area contributed by atoms with Crippen molar-refractivity contribution in [1.82, 2.24) is 0 Å². The Kier molecular flexibility index (Phi) is 10.1. The van der Waals surface area contributed by atoms with E-state index in [4.69, 9.17) is 10.3 Å². The zero-order valence-electron chi connectivity index (χ0n) is 9.78. The fraction of sp³-hybridized carbons (Fsp3) is 1.00. The maximum atomic E-state index is 11.4. The van der Waals surface area contributed by atoms with Gasteiger partial charge in [0.2, 0.25) is 0 Å². The predicted molar refractivity (Wildman–Crippen MR) is 69.9 cm³/mol. The molecule has 96 valence electrons. The topological polar surface area (TPSA) is 66.8 Å². The molecule has 2 N–H and O–H groups in total. The van der Waals surface area contributed by atoms with Gasteiger partial charge in [0.15, 0.2) is 0 Å². The van der Waals surface area contributed by atoms with Gasteiger partial charge in [-0.05, 0) is 0 Å². The van der Waals surface area contributed by atoms with E-state index in [1.807, 2.05) is 6.92 Å². The minimum atomic E-state index is -4.17. The van der Waals surface area contributed by atoms with Gasteiger partial charge in [-0.25, -0.2) is 0 Å². The van der Waals surface area contributed by atoms with Crippen LogP contribution in [0.2, 0.25) is 8.87 Å². The molecule has 8 heteroatoms. The van der Waals surface area contributed by atoms with E-state index in [-0.39, 0.29) is 0 Å². The Balaban J connectivity index is 4.26. The first kappa shape index (κ1) is 18.0. The molecule has 0 aromatic carbocycles. The molecule has 0 aliphatic heterocycles. The Morgan fingerprint density at radius 2 is 1.88 bits per heavy atom. The van der Waals surface area contributed by atoms with Crippen molar-refractivity contribution in [1.29, 1.82) is 0 Å². The number of unbranched alkanes of at least 4 members (excludes halogenated alkanes) is 2. The Morgan fingerprint density at radius 3 is 2.31 bits per heavy atom. The van der Waals surface area contributed by atoms with Crippen LogP contribution >= 0.6 is 14.2 Å². The van der Waals surface area contributed by atoms with E-state index < -0.39 is 43.9 Å². The average Bonchev–Trinajstić information content (AvgIpc) is 2.20. The van der Waals surface area contributed by atoms with Gasteiger partial charge in [-0.2, -0.15) is 0 Å². The molecule has 2 radical (unpaired) electrons. The Bertz CT molecular complexity index is 238. The molecule has 1 unspecified atom stereocenters. The third-order valence-electron chi connectivity index (χ3n) is 2.13. The van der Waals surface area contributed by atoms with Gasteiger partial charge in [0.25, 0.3) is 0 Å². The molecule has 1 atom stereocenters. The molecule has 0 heterocycles. The van der Waals surface area contributed by atoms with Gasteiger partial charge in [-0.3, -0.25) is 0 Å². The Morgan fingerprint density at radius 1 is 1.31 bits per heavy atom. The average molecular weight is 484 g/mol. The second-order valence-corrected chi connectivity index (χ2v) is 32.6. The van der Waals surface area contributed by atoms with Crippen molar-refractivity contribution in [3.63, 3.8) is 0 Å². The monoisotopic (exact) mass is 486 g/mol. The third kappa shape index (κ3) is 6.80. The molecule has 0 bridgehead atoms. The summed E-state index contributed by atoms with van der Waals surface area (Å²) in [4.78, 5) is 18.6. The number of hydrogen-bond donors (Lipinski definition) is 2. The summed E-state index contributed by atoms with van der Waals surface area (Å²) in [6.07, 6.45) is 3.84. The Hall–Kier alpha value is 2.00. The molecule has 0 aromatic heterocycles. The van der Waals surface area contributed by atoms with Crippen LogP contribution in [0.4, 0.5) is 0 Å². The van der Waals surface area contributed by atoms with Gasteiger partial charge >= 0.3 is 117 Å². The first-order chi connectivity index (χ1) is 7.37. The summed E-state index contributed by atoms with van der Waals surface area (Å²) in [5, 5.41) is -4.17. The molecule has 0 aromatic rings. The van der Waals surface area contributed by atoms with Gasteiger partial charge in [0, 0.05) is 0 Å². The van der Waals surface area contributed by atoms with E-state index in [0.29, 0.717) is 4.44 Å². The maximum absolute atomic E-state index is 11.4. The summed E-state index contributed by atoms with van der Waals surface area (Å²) in [5.41, 5.74) is 0. The van der Waals surface area contributed by atoms with Crippen molar-refractivity contribution in [2.45, 2.75) is 48.4 Å². The van der Waals surface area contributed by atoms with E-state index in [1.54, 1.807) is 0 Å². The van der Waals surface area contributed by atoms with Gasteiger partial charge in [0.05, 0.1) is 0 Å². The first-order valence-corrected chi connectivity index (χ1v) is 20.9. The van der Waals surface area contributed by atoms with E-state index in [9.17, 15) is 14.4 Å². The summed E-state index contributed by atoms with van der Waals surface area (Å²) in [6.45, 7) is 4.08. The van der Waals surface area contributed by atoms with E-state index in [0.717, 1.165) is 30.1 Å². The Labute approximate surface area is 116 Å². The quantitative estimate of drug-likeness (QED) is 0.300. The molecule has 0 amide bonds.